The zero-order valence-electron chi connectivity index (χ0n) is 22.9. The quantitative estimate of drug-likeness (QED) is 0.121. The Morgan fingerprint density at radius 1 is 0.946 bits per heavy atom. The molecular weight excluding hydrogens is 502 g/mol. The standard InChI is InChI=1S/C28H41N3O4SSi/c1-7-36-27-24(30-31-29)26(33-19-22-16-12-9-13-17-22)25(32-18-21-14-10-8-11-15-21)23(35-27)20-34-37(5,6)28(2,3)4/h8-17,23-27H,7,18-20H2,1-6H3/t23?,24?,25-,26+,27-/m0/s1. The molecule has 0 bridgehead atoms. The van der Waals surface area contributed by atoms with Crippen molar-refractivity contribution < 1.29 is 18.6 Å². The van der Waals surface area contributed by atoms with Crippen LogP contribution < -0.4 is 0 Å². The molecule has 7 nitrogen and oxygen atoms in total. The lowest BCUT2D eigenvalue weighted by Gasteiger charge is -2.46. The Kier molecular flexibility index (Phi) is 11.1. The molecular formula is C28H41N3O4SSi. The van der Waals surface area contributed by atoms with Crippen LogP contribution in [-0.2, 0) is 31.9 Å². The Bertz CT molecular complexity index is 999. The molecule has 3 rings (SSSR count). The molecule has 9 heteroatoms. The van der Waals surface area contributed by atoms with Crippen molar-refractivity contribution in [2.24, 2.45) is 5.11 Å². The van der Waals surface area contributed by atoms with Gasteiger partial charge in [-0.25, -0.2) is 0 Å². The van der Waals surface area contributed by atoms with E-state index >= 15 is 0 Å². The van der Waals surface area contributed by atoms with E-state index in [9.17, 15) is 5.53 Å². The molecule has 1 saturated heterocycles. The normalized spacial score (nSPS) is 24.4. The average molecular weight is 544 g/mol. The molecule has 0 amide bonds. The molecule has 5 atom stereocenters. The van der Waals surface area contributed by atoms with Crippen molar-refractivity contribution in [1.29, 1.82) is 0 Å². The maximum atomic E-state index is 9.45. The maximum absolute atomic E-state index is 9.45. The molecule has 0 saturated carbocycles. The second-order valence-electron chi connectivity index (χ2n) is 10.8. The zero-order valence-corrected chi connectivity index (χ0v) is 24.7. The van der Waals surface area contributed by atoms with Crippen molar-refractivity contribution >= 4 is 20.1 Å². The molecule has 1 aliphatic rings. The first-order chi connectivity index (χ1) is 17.7. The van der Waals surface area contributed by atoms with Crippen LogP contribution in [0.2, 0.25) is 18.1 Å². The number of thioether (sulfide) groups is 1. The minimum atomic E-state index is -2.04. The van der Waals surface area contributed by atoms with Gasteiger partial charge in [-0.3, -0.25) is 0 Å². The van der Waals surface area contributed by atoms with Crippen LogP contribution in [0, 0.1) is 0 Å². The van der Waals surface area contributed by atoms with Crippen molar-refractivity contribution in [3.05, 3.63) is 82.2 Å². The predicted octanol–water partition coefficient (Wildman–Crippen LogP) is 7.34. The van der Waals surface area contributed by atoms with Crippen molar-refractivity contribution in [2.75, 3.05) is 12.4 Å². The fraction of sp³-hybridized carbons (Fsp3) is 0.571. The van der Waals surface area contributed by atoms with Crippen LogP contribution in [0.1, 0.15) is 38.8 Å². The van der Waals surface area contributed by atoms with E-state index in [0.29, 0.717) is 19.8 Å². The minimum Gasteiger partial charge on any atom is -0.414 e. The third-order valence-corrected chi connectivity index (χ3v) is 12.7. The van der Waals surface area contributed by atoms with E-state index in [1.165, 1.54) is 0 Å². The monoisotopic (exact) mass is 543 g/mol. The molecule has 202 valence electrons. The second kappa shape index (κ2) is 13.8. The van der Waals surface area contributed by atoms with Crippen LogP contribution in [0.15, 0.2) is 65.8 Å². The van der Waals surface area contributed by atoms with Gasteiger partial charge in [0.15, 0.2) is 8.32 Å². The third-order valence-electron chi connectivity index (χ3n) is 7.12. The van der Waals surface area contributed by atoms with Gasteiger partial charge in [0.25, 0.3) is 0 Å². The largest absolute Gasteiger partial charge is 0.414 e. The molecule has 37 heavy (non-hydrogen) atoms. The first kappa shape index (κ1) is 29.7. The van der Waals surface area contributed by atoms with E-state index in [1.54, 1.807) is 11.8 Å². The summed E-state index contributed by atoms with van der Waals surface area (Å²) in [7, 11) is -2.04. The summed E-state index contributed by atoms with van der Waals surface area (Å²) in [6, 6.07) is 19.5. The maximum Gasteiger partial charge on any atom is 0.192 e. The van der Waals surface area contributed by atoms with Gasteiger partial charge in [0.1, 0.15) is 23.7 Å². The highest BCUT2D eigenvalue weighted by atomic mass is 32.2. The van der Waals surface area contributed by atoms with Crippen molar-refractivity contribution in [3.63, 3.8) is 0 Å². The number of hydrogen-bond acceptors (Lipinski definition) is 6. The highest BCUT2D eigenvalue weighted by molar-refractivity contribution is 7.99. The Morgan fingerprint density at radius 3 is 1.97 bits per heavy atom. The van der Waals surface area contributed by atoms with Crippen molar-refractivity contribution in [2.45, 2.75) is 88.8 Å². The molecule has 0 N–H and O–H groups in total. The topological polar surface area (TPSA) is 85.7 Å². The van der Waals surface area contributed by atoms with Gasteiger partial charge in [-0.05, 0) is 40.5 Å². The number of rotatable bonds is 12. The number of nitrogens with zero attached hydrogens (tertiary/aromatic N) is 3. The fourth-order valence-corrected chi connectivity index (χ4v) is 5.91. The molecule has 2 aromatic carbocycles. The number of hydrogen-bond donors (Lipinski definition) is 0. The van der Waals surface area contributed by atoms with Gasteiger partial charge in [-0.1, -0.05) is 93.5 Å². The van der Waals surface area contributed by atoms with Crippen LogP contribution in [-0.4, -0.2) is 50.5 Å². The summed E-state index contributed by atoms with van der Waals surface area (Å²) in [6.45, 7) is 14.4. The summed E-state index contributed by atoms with van der Waals surface area (Å²) in [5.74, 6) is 0.818. The van der Waals surface area contributed by atoms with Gasteiger partial charge < -0.3 is 18.6 Å². The van der Waals surface area contributed by atoms with E-state index in [-0.39, 0.29) is 16.6 Å². The van der Waals surface area contributed by atoms with Gasteiger partial charge in [0.05, 0.1) is 25.9 Å². The van der Waals surface area contributed by atoms with Gasteiger partial charge in [0.2, 0.25) is 0 Å². The van der Waals surface area contributed by atoms with Crippen LogP contribution in [0.5, 0.6) is 0 Å². The van der Waals surface area contributed by atoms with E-state index in [2.05, 4.69) is 50.8 Å². The number of azide groups is 1. The molecule has 2 aromatic rings. The summed E-state index contributed by atoms with van der Waals surface area (Å²) >= 11 is 1.62. The average Bonchev–Trinajstić information content (AvgIpc) is 2.87. The molecule has 0 aromatic heterocycles. The van der Waals surface area contributed by atoms with Crippen LogP contribution >= 0.6 is 11.8 Å². The molecule has 1 heterocycles. The fourth-order valence-electron chi connectivity index (χ4n) is 3.94. The second-order valence-corrected chi connectivity index (χ2v) is 17.0. The third kappa shape index (κ3) is 8.32. The minimum absolute atomic E-state index is 0.0659. The van der Waals surface area contributed by atoms with Crippen LogP contribution in [0.3, 0.4) is 0 Å². The predicted molar refractivity (Wildman–Crippen MR) is 153 cm³/mol. The lowest BCUT2D eigenvalue weighted by molar-refractivity contribution is -0.205. The van der Waals surface area contributed by atoms with Crippen LogP contribution in [0.25, 0.3) is 10.4 Å². The summed E-state index contributed by atoms with van der Waals surface area (Å²) in [4.78, 5) is 3.16. The SMILES string of the molecule is CCS[C@@H]1OC(CO[Si](C)(C)C(C)(C)C)[C@H](OCc2ccccc2)[C@H](OCc2ccccc2)C1N=[N+]=[N-]. The Labute approximate surface area is 227 Å². The zero-order chi connectivity index (χ0) is 26.9. The van der Waals surface area contributed by atoms with Gasteiger partial charge in [-0.2, -0.15) is 0 Å². The molecule has 0 radical (unpaired) electrons. The van der Waals surface area contributed by atoms with Gasteiger partial charge in [-0.15, -0.1) is 11.8 Å². The van der Waals surface area contributed by atoms with Crippen LogP contribution in [0.4, 0.5) is 0 Å². The van der Waals surface area contributed by atoms with E-state index in [0.717, 1.165) is 16.9 Å². The lowest BCUT2D eigenvalue weighted by Crippen LogP contribution is -2.59. The molecule has 1 fully saturated rings. The molecule has 1 aliphatic heterocycles. The first-order valence-corrected chi connectivity index (χ1v) is 16.9. The first-order valence-electron chi connectivity index (χ1n) is 12.9. The Morgan fingerprint density at radius 2 is 1.49 bits per heavy atom. The molecule has 0 spiro atoms. The van der Waals surface area contributed by atoms with Crippen molar-refractivity contribution in [3.8, 4) is 0 Å². The highest BCUT2D eigenvalue weighted by Crippen LogP contribution is 2.39. The van der Waals surface area contributed by atoms with Crippen molar-refractivity contribution in [1.82, 2.24) is 0 Å². The van der Waals surface area contributed by atoms with Gasteiger partial charge >= 0.3 is 0 Å². The van der Waals surface area contributed by atoms with Gasteiger partial charge in [0, 0.05) is 4.91 Å². The smallest absolute Gasteiger partial charge is 0.192 e. The Balaban J connectivity index is 1.92. The number of ether oxygens (including phenoxy) is 3. The van der Waals surface area contributed by atoms with E-state index in [1.807, 2.05) is 60.7 Å². The summed E-state index contributed by atoms with van der Waals surface area (Å²) in [5, 5.41) is 4.23. The molecule has 2 unspecified atom stereocenters. The van der Waals surface area contributed by atoms with E-state index in [4.69, 9.17) is 18.6 Å². The summed E-state index contributed by atoms with van der Waals surface area (Å²) in [5.41, 5.74) is 11.2. The Hall–Kier alpha value is -1.84. The molecule has 0 aliphatic carbocycles. The lowest BCUT2D eigenvalue weighted by atomic mass is 9.97. The summed E-state index contributed by atoms with van der Waals surface area (Å²) < 4.78 is 26.2. The summed E-state index contributed by atoms with van der Waals surface area (Å²) in [6.07, 6.45) is -1.34. The number of benzene rings is 2. The highest BCUT2D eigenvalue weighted by Gasteiger charge is 2.48. The van der Waals surface area contributed by atoms with E-state index < -0.39 is 26.6 Å².